The van der Waals surface area contributed by atoms with Gasteiger partial charge in [0, 0.05) is 74.7 Å². The summed E-state index contributed by atoms with van der Waals surface area (Å²) in [6.07, 6.45) is 3.97. The van der Waals surface area contributed by atoms with E-state index in [0.717, 1.165) is 24.0 Å². The van der Waals surface area contributed by atoms with Gasteiger partial charge in [-0.3, -0.25) is 33.6 Å². The van der Waals surface area contributed by atoms with Crippen LogP contribution in [-0.2, 0) is 46.5 Å². The van der Waals surface area contributed by atoms with Crippen LogP contribution in [0.2, 0.25) is 0 Å². The van der Waals surface area contributed by atoms with Crippen molar-refractivity contribution in [2.75, 3.05) is 13.1 Å². The Hall–Kier alpha value is -4.11. The van der Waals surface area contributed by atoms with E-state index in [9.17, 15) is 33.6 Å². The Balaban J connectivity index is 2.41. The van der Waals surface area contributed by atoms with Gasteiger partial charge in [-0.2, -0.15) is 0 Å². The van der Waals surface area contributed by atoms with E-state index in [0.29, 0.717) is 32.2 Å². The lowest BCUT2D eigenvalue weighted by molar-refractivity contribution is -0.142. The van der Waals surface area contributed by atoms with Crippen molar-refractivity contribution >= 4 is 40.6 Å². The van der Waals surface area contributed by atoms with Gasteiger partial charge in [-0.05, 0) is 68.5 Å². The third kappa shape index (κ3) is 18.4. The van der Waals surface area contributed by atoms with Crippen LogP contribution < -0.4 is 5.73 Å². The fourth-order valence-corrected chi connectivity index (χ4v) is 7.56. The Morgan fingerprint density at radius 3 is 1.77 bits per heavy atom. The molecule has 0 aliphatic heterocycles. The van der Waals surface area contributed by atoms with E-state index in [2.05, 4.69) is 0 Å². The minimum Gasteiger partial charge on any atom is -0.331 e. The molecule has 0 aliphatic rings. The molecule has 0 saturated heterocycles. The number of amides is 1. The second-order valence-corrected chi connectivity index (χ2v) is 17.0. The number of benzene rings is 2. The van der Waals surface area contributed by atoms with E-state index in [1.165, 1.54) is 11.8 Å². The van der Waals surface area contributed by atoms with Gasteiger partial charge in [-0.25, -0.2) is 0 Å². The third-order valence-electron chi connectivity index (χ3n) is 11.0. The van der Waals surface area contributed by atoms with E-state index in [4.69, 9.17) is 5.73 Å². The first kappa shape index (κ1) is 49.0. The largest absolute Gasteiger partial charge is 0.331 e. The highest BCUT2D eigenvalue weighted by molar-refractivity contribution is 5.96. The molecular formula is C48H70N2O7. The number of unbranched alkanes of at least 4 members (excludes halogenated alkanes) is 1. The molecule has 0 heterocycles. The summed E-state index contributed by atoms with van der Waals surface area (Å²) in [6, 6.07) is 18.8. The highest BCUT2D eigenvalue weighted by Gasteiger charge is 2.35. The predicted molar refractivity (Wildman–Crippen MR) is 226 cm³/mol. The topological polar surface area (TPSA) is 149 Å². The summed E-state index contributed by atoms with van der Waals surface area (Å²) >= 11 is 0. The molecule has 0 aromatic heterocycles. The Morgan fingerprint density at radius 1 is 0.649 bits per heavy atom. The molecular weight excluding hydrogens is 717 g/mol. The van der Waals surface area contributed by atoms with E-state index in [1.807, 2.05) is 95.3 Å². The molecule has 2 rings (SSSR count). The molecule has 0 radical (unpaired) electrons. The lowest BCUT2D eigenvalue weighted by Crippen LogP contribution is -2.42. The molecule has 0 spiro atoms. The smallest absolute Gasteiger partial charge is 0.227 e. The summed E-state index contributed by atoms with van der Waals surface area (Å²) < 4.78 is 0. The average Bonchev–Trinajstić information content (AvgIpc) is 3.15. The number of carbonyl (C=O) groups is 7. The average molecular weight is 787 g/mol. The minimum absolute atomic E-state index is 0.0112. The summed E-state index contributed by atoms with van der Waals surface area (Å²) in [7, 11) is 0. The Labute approximate surface area is 342 Å². The quantitative estimate of drug-likeness (QED) is 0.0777. The van der Waals surface area contributed by atoms with Gasteiger partial charge >= 0.3 is 0 Å². The van der Waals surface area contributed by atoms with E-state index in [-0.39, 0.29) is 104 Å². The summed E-state index contributed by atoms with van der Waals surface area (Å²) in [6.45, 7) is 13.4. The van der Waals surface area contributed by atoms with Crippen LogP contribution in [0.3, 0.4) is 0 Å². The van der Waals surface area contributed by atoms with Crippen molar-refractivity contribution in [2.45, 2.75) is 132 Å². The summed E-state index contributed by atoms with van der Waals surface area (Å²) in [5.41, 5.74) is 7.41. The monoisotopic (exact) mass is 787 g/mol. The normalized spacial score (nSPS) is 14.1. The van der Waals surface area contributed by atoms with Crippen molar-refractivity contribution in [3.8, 4) is 0 Å². The maximum atomic E-state index is 14.6. The van der Waals surface area contributed by atoms with Gasteiger partial charge in [-0.1, -0.05) is 109 Å². The first-order valence-electron chi connectivity index (χ1n) is 21.2. The first-order valence-corrected chi connectivity index (χ1v) is 21.2. The van der Waals surface area contributed by atoms with Crippen LogP contribution in [0, 0.1) is 41.4 Å². The van der Waals surface area contributed by atoms with Crippen molar-refractivity contribution < 1.29 is 33.6 Å². The van der Waals surface area contributed by atoms with Gasteiger partial charge in [0.25, 0.3) is 0 Å². The SMILES string of the molecule is CCCC(=O)CC(CCCCN)C(=O)CC(CC(C)C)C(=O)CC(C(=O)CC(Cc1ccccc1)C(=O)N(CC(=O)CC(C)C(C)=O)Cc1ccccc1)C(C)C. The molecule has 5 atom stereocenters. The molecule has 0 fully saturated rings. The molecule has 2 aromatic rings. The van der Waals surface area contributed by atoms with Crippen molar-refractivity contribution in [2.24, 2.45) is 47.2 Å². The molecule has 9 heteroatoms. The zero-order valence-corrected chi connectivity index (χ0v) is 35.8. The number of rotatable bonds is 30. The van der Waals surface area contributed by atoms with Crippen molar-refractivity contribution in [3.63, 3.8) is 0 Å². The van der Waals surface area contributed by atoms with Crippen molar-refractivity contribution in [1.29, 1.82) is 0 Å². The summed E-state index contributed by atoms with van der Waals surface area (Å²) in [4.78, 5) is 96.4. The summed E-state index contributed by atoms with van der Waals surface area (Å²) in [5.74, 6) is -4.14. The Morgan fingerprint density at radius 2 is 1.23 bits per heavy atom. The van der Waals surface area contributed by atoms with Gasteiger partial charge in [0.15, 0.2) is 5.78 Å². The lowest BCUT2D eigenvalue weighted by atomic mass is 9.77. The maximum Gasteiger partial charge on any atom is 0.227 e. The lowest BCUT2D eigenvalue weighted by Gasteiger charge is -2.29. The number of ketones is 6. The molecule has 5 unspecified atom stereocenters. The van der Waals surface area contributed by atoms with Crippen LogP contribution in [0.5, 0.6) is 0 Å². The van der Waals surface area contributed by atoms with Crippen LogP contribution in [0.4, 0.5) is 0 Å². The molecule has 9 nitrogen and oxygen atoms in total. The molecule has 57 heavy (non-hydrogen) atoms. The third-order valence-corrected chi connectivity index (χ3v) is 11.0. The van der Waals surface area contributed by atoms with Gasteiger partial charge in [0.2, 0.25) is 5.91 Å². The molecule has 0 aliphatic carbocycles. The minimum atomic E-state index is -0.805. The van der Waals surface area contributed by atoms with E-state index in [1.54, 1.807) is 6.92 Å². The van der Waals surface area contributed by atoms with Gasteiger partial charge in [0.05, 0.1) is 6.54 Å². The highest BCUT2D eigenvalue weighted by atomic mass is 16.2. The van der Waals surface area contributed by atoms with Crippen LogP contribution in [0.15, 0.2) is 60.7 Å². The standard InChI is InChI=1S/C48H70N2O7/c1-8-17-42(52)27-39(22-15-16-23-49)45(54)28-40(24-33(2)3)46(55)30-44(34(4)5)47(56)29-41(26-37-18-11-9-12-19-37)48(57)50(31-38-20-13-10-14-21-38)32-43(53)25-35(6)36(7)51/h9-14,18-21,33-35,39-41,44H,8,15-17,22-32,49H2,1-7H3. The second-order valence-electron chi connectivity index (χ2n) is 17.0. The van der Waals surface area contributed by atoms with Crippen molar-refractivity contribution in [3.05, 3.63) is 71.8 Å². The molecule has 2 N–H and O–H groups in total. The summed E-state index contributed by atoms with van der Waals surface area (Å²) in [5, 5.41) is 0. The molecule has 0 saturated carbocycles. The Bertz CT molecular complexity index is 1590. The number of hydrogen-bond acceptors (Lipinski definition) is 8. The number of Topliss-reactive ketones (excluding diaryl/α,β-unsaturated/α-hetero) is 6. The number of nitrogens with zero attached hydrogens (tertiary/aromatic N) is 1. The number of nitrogens with two attached hydrogens (primary N) is 1. The van der Waals surface area contributed by atoms with Crippen LogP contribution >= 0.6 is 0 Å². The first-order chi connectivity index (χ1) is 27.1. The molecule has 314 valence electrons. The van der Waals surface area contributed by atoms with E-state index >= 15 is 0 Å². The van der Waals surface area contributed by atoms with Gasteiger partial charge in [0.1, 0.15) is 28.9 Å². The fraction of sp³-hybridized carbons (Fsp3) is 0.604. The van der Waals surface area contributed by atoms with Gasteiger partial charge in [-0.15, -0.1) is 0 Å². The van der Waals surface area contributed by atoms with Gasteiger partial charge < -0.3 is 10.6 Å². The Kier molecular flexibility index (Phi) is 22.4. The maximum absolute atomic E-state index is 14.6. The van der Waals surface area contributed by atoms with Crippen LogP contribution in [0.25, 0.3) is 0 Å². The molecule has 0 bridgehead atoms. The van der Waals surface area contributed by atoms with Crippen LogP contribution in [0.1, 0.15) is 130 Å². The number of carbonyl (C=O) groups excluding carboxylic acids is 7. The van der Waals surface area contributed by atoms with Crippen molar-refractivity contribution in [1.82, 2.24) is 4.90 Å². The number of hydrogen-bond donors (Lipinski definition) is 1. The predicted octanol–water partition coefficient (Wildman–Crippen LogP) is 8.38. The molecule has 1 amide bonds. The highest BCUT2D eigenvalue weighted by Crippen LogP contribution is 2.30. The fourth-order valence-electron chi connectivity index (χ4n) is 7.56. The molecule has 2 aromatic carbocycles. The zero-order valence-electron chi connectivity index (χ0n) is 35.8. The van der Waals surface area contributed by atoms with Crippen LogP contribution in [-0.4, -0.2) is 58.6 Å². The van der Waals surface area contributed by atoms with E-state index < -0.39 is 29.6 Å². The second kappa shape index (κ2) is 26.0. The zero-order chi connectivity index (χ0) is 42.5.